The number of anilines is 1. The summed E-state index contributed by atoms with van der Waals surface area (Å²) in [6.45, 7) is 6.79. The van der Waals surface area contributed by atoms with Crippen LogP contribution in [-0.2, 0) is 16.9 Å². The first kappa shape index (κ1) is 22.7. The van der Waals surface area contributed by atoms with E-state index in [0.717, 1.165) is 67.3 Å². The van der Waals surface area contributed by atoms with Crippen molar-refractivity contribution in [2.75, 3.05) is 25.0 Å². The van der Waals surface area contributed by atoms with E-state index in [9.17, 15) is 4.79 Å². The fourth-order valence-electron chi connectivity index (χ4n) is 5.39. The van der Waals surface area contributed by atoms with Crippen LogP contribution < -0.4 is 10.9 Å². The molecule has 0 bridgehead atoms. The quantitative estimate of drug-likeness (QED) is 0.447. The number of aromatic nitrogens is 5. The van der Waals surface area contributed by atoms with E-state index in [0.29, 0.717) is 18.1 Å². The predicted octanol–water partition coefficient (Wildman–Crippen LogP) is 3.47. The number of aryl methyl sites for hydroxylation is 1. The average Bonchev–Trinajstić information content (AvgIpc) is 3.49. The minimum atomic E-state index is -0.536. The summed E-state index contributed by atoms with van der Waals surface area (Å²) in [7, 11) is 0. The topological polar surface area (TPSA) is 89.6 Å². The highest BCUT2D eigenvalue weighted by molar-refractivity contribution is 5.75. The monoisotopic (exact) mass is 485 g/mol. The molecule has 0 radical (unpaired) electrons. The molecule has 1 atom stereocenters. The lowest BCUT2D eigenvalue weighted by Gasteiger charge is -2.34. The summed E-state index contributed by atoms with van der Waals surface area (Å²) >= 11 is 0. The van der Waals surface area contributed by atoms with Crippen LogP contribution in [0.5, 0.6) is 0 Å². The lowest BCUT2D eigenvalue weighted by Crippen LogP contribution is -2.41. The summed E-state index contributed by atoms with van der Waals surface area (Å²) in [6.07, 6.45) is 10.9. The van der Waals surface area contributed by atoms with Gasteiger partial charge < -0.3 is 15.0 Å². The van der Waals surface area contributed by atoms with Crippen LogP contribution in [-0.4, -0.2) is 54.5 Å². The number of hydrogen-bond acceptors (Lipinski definition) is 7. The molecule has 1 fully saturated rings. The number of pyridine rings is 2. The van der Waals surface area contributed by atoms with E-state index in [-0.39, 0.29) is 5.56 Å². The van der Waals surface area contributed by atoms with Gasteiger partial charge in [-0.1, -0.05) is 6.07 Å². The molecule has 4 aromatic heterocycles. The largest absolute Gasteiger partial charge is 0.475 e. The van der Waals surface area contributed by atoms with Crippen molar-refractivity contribution in [1.29, 1.82) is 0 Å². The first-order valence-electron chi connectivity index (χ1n) is 12.6. The second kappa shape index (κ2) is 9.05. The second-order valence-corrected chi connectivity index (χ2v) is 9.91. The van der Waals surface area contributed by atoms with Crippen LogP contribution in [0.4, 0.5) is 5.95 Å². The Labute approximate surface area is 209 Å². The van der Waals surface area contributed by atoms with Gasteiger partial charge in [-0.05, 0) is 63.5 Å². The van der Waals surface area contributed by atoms with Gasteiger partial charge in [-0.3, -0.25) is 13.8 Å². The third-order valence-electron chi connectivity index (χ3n) is 7.44. The molecule has 36 heavy (non-hydrogen) atoms. The van der Waals surface area contributed by atoms with Crippen molar-refractivity contribution < 1.29 is 4.74 Å². The first-order chi connectivity index (χ1) is 17.5. The van der Waals surface area contributed by atoms with Gasteiger partial charge in [-0.15, -0.1) is 0 Å². The van der Waals surface area contributed by atoms with Crippen LogP contribution in [0.25, 0.3) is 16.8 Å². The zero-order valence-electron chi connectivity index (χ0n) is 20.7. The van der Waals surface area contributed by atoms with E-state index < -0.39 is 5.72 Å². The Hall–Kier alpha value is -3.72. The normalized spacial score (nSPS) is 20.8. The minimum Gasteiger partial charge on any atom is -0.475 e. The van der Waals surface area contributed by atoms with Gasteiger partial charge in [0.15, 0.2) is 11.4 Å². The van der Waals surface area contributed by atoms with Gasteiger partial charge in [-0.2, -0.15) is 0 Å². The molecule has 6 heterocycles. The molecule has 4 aromatic rings. The molecular weight excluding hydrogens is 454 g/mol. The van der Waals surface area contributed by atoms with Crippen LogP contribution in [0.1, 0.15) is 37.4 Å². The van der Waals surface area contributed by atoms with Crippen LogP contribution in [0.3, 0.4) is 0 Å². The van der Waals surface area contributed by atoms with E-state index in [2.05, 4.69) is 31.7 Å². The Morgan fingerprint density at radius 2 is 2.03 bits per heavy atom. The summed E-state index contributed by atoms with van der Waals surface area (Å²) < 4.78 is 9.72. The number of ether oxygens (including phenoxy) is 1. The molecule has 0 aromatic carbocycles. The molecular formula is C27H31N7O2. The van der Waals surface area contributed by atoms with Gasteiger partial charge in [0.05, 0.1) is 6.26 Å². The average molecular weight is 486 g/mol. The smallest absolute Gasteiger partial charge is 0.261 e. The van der Waals surface area contributed by atoms with Crippen molar-refractivity contribution in [1.82, 2.24) is 28.8 Å². The summed E-state index contributed by atoms with van der Waals surface area (Å²) in [5.74, 6) is 0.805. The van der Waals surface area contributed by atoms with Gasteiger partial charge in [-0.25, -0.2) is 15.0 Å². The van der Waals surface area contributed by atoms with Crippen LogP contribution in [0.15, 0.2) is 59.9 Å². The third kappa shape index (κ3) is 4.03. The summed E-state index contributed by atoms with van der Waals surface area (Å²) in [6, 6.07) is 9.86. The highest BCUT2D eigenvalue weighted by Crippen LogP contribution is 2.35. The zero-order valence-corrected chi connectivity index (χ0v) is 20.7. The van der Waals surface area contributed by atoms with Crippen LogP contribution >= 0.6 is 0 Å². The summed E-state index contributed by atoms with van der Waals surface area (Å²) in [5.41, 5.74) is 3.52. The molecule has 1 unspecified atom stereocenters. The van der Waals surface area contributed by atoms with E-state index in [1.54, 1.807) is 23.1 Å². The Morgan fingerprint density at radius 1 is 1.17 bits per heavy atom. The van der Waals surface area contributed by atoms with Crippen molar-refractivity contribution in [3.8, 4) is 0 Å². The maximum atomic E-state index is 13.0. The van der Waals surface area contributed by atoms with Gasteiger partial charge in [0.25, 0.3) is 5.56 Å². The molecule has 1 N–H and O–H groups in total. The molecule has 0 spiro atoms. The van der Waals surface area contributed by atoms with E-state index in [4.69, 9.17) is 9.72 Å². The number of hydrogen-bond donors (Lipinski definition) is 1. The minimum absolute atomic E-state index is 0.0410. The maximum Gasteiger partial charge on any atom is 0.261 e. The van der Waals surface area contributed by atoms with E-state index in [1.165, 1.54) is 0 Å². The third-order valence-corrected chi connectivity index (χ3v) is 7.44. The number of nitrogens with zero attached hydrogens (tertiary/aromatic N) is 6. The fraction of sp³-hybridized carbons (Fsp3) is 0.407. The zero-order chi connectivity index (χ0) is 24.7. The highest BCUT2D eigenvalue weighted by Gasteiger charge is 2.35. The Balaban J connectivity index is 1.13. The van der Waals surface area contributed by atoms with Crippen LogP contribution in [0, 0.1) is 6.92 Å². The van der Waals surface area contributed by atoms with Crippen molar-refractivity contribution in [3.05, 3.63) is 76.7 Å². The van der Waals surface area contributed by atoms with Crippen molar-refractivity contribution >= 4 is 22.8 Å². The molecule has 9 nitrogen and oxygen atoms in total. The fourth-order valence-corrected chi connectivity index (χ4v) is 5.39. The number of piperidine rings is 1. The van der Waals surface area contributed by atoms with Crippen molar-refractivity contribution in [2.24, 2.45) is 0 Å². The highest BCUT2D eigenvalue weighted by atomic mass is 16.5. The Morgan fingerprint density at radius 3 is 2.83 bits per heavy atom. The number of imidazole rings is 1. The lowest BCUT2D eigenvalue weighted by atomic mass is 10.0. The molecule has 6 rings (SSSR count). The molecule has 0 amide bonds. The molecule has 2 aliphatic rings. The molecule has 0 aliphatic carbocycles. The van der Waals surface area contributed by atoms with Gasteiger partial charge in [0, 0.05) is 55.7 Å². The van der Waals surface area contributed by atoms with E-state index in [1.807, 2.05) is 43.3 Å². The van der Waals surface area contributed by atoms with Gasteiger partial charge in [0.2, 0.25) is 5.95 Å². The van der Waals surface area contributed by atoms with Crippen LogP contribution in [0.2, 0.25) is 0 Å². The summed E-state index contributed by atoms with van der Waals surface area (Å²) in [4.78, 5) is 29.5. The number of likely N-dealkylation sites (tertiary alicyclic amines) is 1. The molecule has 2 aliphatic heterocycles. The molecule has 0 saturated carbocycles. The molecule has 9 heteroatoms. The maximum absolute atomic E-state index is 13.0. The first-order valence-corrected chi connectivity index (χ1v) is 12.6. The Bertz CT molecular complexity index is 1490. The number of fused-ring (bicyclic) bond motifs is 2. The predicted molar refractivity (Wildman–Crippen MR) is 139 cm³/mol. The lowest BCUT2D eigenvalue weighted by molar-refractivity contribution is -0.00637. The van der Waals surface area contributed by atoms with Crippen molar-refractivity contribution in [2.45, 2.75) is 51.3 Å². The van der Waals surface area contributed by atoms with Gasteiger partial charge in [0.1, 0.15) is 11.2 Å². The van der Waals surface area contributed by atoms with Crippen molar-refractivity contribution in [3.63, 3.8) is 0 Å². The summed E-state index contributed by atoms with van der Waals surface area (Å²) in [5, 5.41) is 3.69. The molecule has 186 valence electrons. The Kier molecular flexibility index (Phi) is 5.72. The molecule has 1 saturated heterocycles. The number of rotatable bonds is 6. The van der Waals surface area contributed by atoms with E-state index >= 15 is 0 Å². The standard InChI is InChI=1S/C27H31N7O2/c1-19-21(25(35)33-14-4-3-8-23(33)29-19)11-17-32-15-9-20(10-16-32)30-26-31-22-7-5-13-28-24(22)34(26)27(2)12-6-18-36-27/h3-8,13-14,18,20H,9-12,15-17H2,1-2H3,(H,30,31). The van der Waals surface area contributed by atoms with Gasteiger partial charge >= 0.3 is 0 Å². The second-order valence-electron chi connectivity index (χ2n) is 9.91. The SMILES string of the molecule is Cc1nc2ccccn2c(=O)c1CCN1CCC(Nc2nc3cccnc3n2C2(C)CC=CO2)CC1. The number of nitrogens with one attached hydrogen (secondary N) is 1.